The van der Waals surface area contributed by atoms with Gasteiger partial charge in [-0.2, -0.15) is 0 Å². The van der Waals surface area contributed by atoms with Crippen LogP contribution in [0.4, 0.5) is 11.4 Å². The topological polar surface area (TPSA) is 72.8 Å². The highest BCUT2D eigenvalue weighted by molar-refractivity contribution is 5.66. The van der Waals surface area contributed by atoms with E-state index in [1.807, 2.05) is 36.7 Å². The number of nitrogens with zero attached hydrogens (tertiary/aromatic N) is 5. The van der Waals surface area contributed by atoms with Crippen LogP contribution in [0.25, 0.3) is 0 Å². The average molecular weight is 405 g/mol. The standard InChI is InChI=1S/C22H23N5O3/c1-16-8-20(28-2)21(30-13-17-4-5-22(29-3)25-10-17)9-19(16)27-7-6-26(15-27)18-11-23-14-24-12-18/h4-12,14H,13,15H2,1-3H3. The number of hydrogen-bond donors (Lipinski definition) is 0. The number of pyridine rings is 1. The largest absolute Gasteiger partial charge is 0.493 e. The van der Waals surface area contributed by atoms with E-state index in [2.05, 4.69) is 31.7 Å². The Kier molecular flexibility index (Phi) is 5.65. The van der Waals surface area contributed by atoms with Crippen molar-refractivity contribution < 1.29 is 14.2 Å². The number of hydrogen-bond acceptors (Lipinski definition) is 8. The second-order valence-electron chi connectivity index (χ2n) is 6.76. The van der Waals surface area contributed by atoms with Gasteiger partial charge in [0.15, 0.2) is 11.5 Å². The summed E-state index contributed by atoms with van der Waals surface area (Å²) in [7, 11) is 3.24. The van der Waals surface area contributed by atoms with Gasteiger partial charge < -0.3 is 24.0 Å². The lowest BCUT2D eigenvalue weighted by Gasteiger charge is -2.24. The third-order valence-electron chi connectivity index (χ3n) is 4.80. The molecular formula is C22H23N5O3. The van der Waals surface area contributed by atoms with Crippen LogP contribution in [0, 0.1) is 6.92 Å². The highest BCUT2D eigenvalue weighted by atomic mass is 16.5. The molecule has 1 aliphatic rings. The first-order valence-corrected chi connectivity index (χ1v) is 9.45. The summed E-state index contributed by atoms with van der Waals surface area (Å²) in [4.78, 5) is 16.6. The summed E-state index contributed by atoms with van der Waals surface area (Å²) in [5.41, 5.74) is 4.00. The molecule has 30 heavy (non-hydrogen) atoms. The molecule has 2 aromatic heterocycles. The molecule has 0 saturated heterocycles. The quantitative estimate of drug-likeness (QED) is 0.591. The molecule has 0 atom stereocenters. The van der Waals surface area contributed by atoms with Crippen LogP contribution in [0.5, 0.6) is 17.4 Å². The average Bonchev–Trinajstić information content (AvgIpc) is 3.29. The fourth-order valence-corrected chi connectivity index (χ4v) is 3.19. The molecule has 3 aromatic rings. The van der Waals surface area contributed by atoms with Gasteiger partial charge in [-0.15, -0.1) is 0 Å². The van der Waals surface area contributed by atoms with Gasteiger partial charge in [0, 0.05) is 42.0 Å². The molecular weight excluding hydrogens is 382 g/mol. The summed E-state index contributed by atoms with van der Waals surface area (Å²) in [5, 5.41) is 0. The van der Waals surface area contributed by atoms with Gasteiger partial charge in [-0.3, -0.25) is 0 Å². The second kappa shape index (κ2) is 8.69. The van der Waals surface area contributed by atoms with Crippen molar-refractivity contribution in [1.29, 1.82) is 0 Å². The number of aryl methyl sites for hydroxylation is 1. The predicted octanol–water partition coefficient (Wildman–Crippen LogP) is 3.53. The first kappa shape index (κ1) is 19.5. The Hall–Kier alpha value is -3.81. The zero-order valence-corrected chi connectivity index (χ0v) is 17.1. The number of rotatable bonds is 7. The molecule has 0 spiro atoms. The van der Waals surface area contributed by atoms with Crippen molar-refractivity contribution in [2.24, 2.45) is 0 Å². The van der Waals surface area contributed by atoms with Crippen LogP contribution < -0.4 is 24.0 Å². The maximum Gasteiger partial charge on any atom is 0.212 e. The maximum absolute atomic E-state index is 6.06. The monoisotopic (exact) mass is 405 g/mol. The van der Waals surface area contributed by atoms with Crippen molar-refractivity contribution in [2.75, 3.05) is 30.7 Å². The van der Waals surface area contributed by atoms with Crippen LogP contribution in [-0.2, 0) is 6.61 Å². The maximum atomic E-state index is 6.06. The van der Waals surface area contributed by atoms with E-state index in [1.165, 1.54) is 6.33 Å². The third kappa shape index (κ3) is 4.12. The van der Waals surface area contributed by atoms with Crippen LogP contribution in [-0.4, -0.2) is 35.8 Å². The lowest BCUT2D eigenvalue weighted by atomic mass is 10.1. The first-order chi connectivity index (χ1) is 14.7. The number of aromatic nitrogens is 3. The number of methoxy groups -OCH3 is 2. The highest BCUT2D eigenvalue weighted by Gasteiger charge is 2.20. The zero-order valence-electron chi connectivity index (χ0n) is 17.1. The lowest BCUT2D eigenvalue weighted by Crippen LogP contribution is -2.25. The van der Waals surface area contributed by atoms with Crippen molar-refractivity contribution in [3.05, 3.63) is 72.7 Å². The molecule has 0 bridgehead atoms. The van der Waals surface area contributed by atoms with Gasteiger partial charge in [0.2, 0.25) is 5.88 Å². The molecule has 4 rings (SSSR count). The van der Waals surface area contributed by atoms with Gasteiger partial charge in [0.05, 0.1) is 39.0 Å². The van der Waals surface area contributed by atoms with Gasteiger partial charge in [-0.25, -0.2) is 15.0 Å². The number of benzene rings is 1. The summed E-state index contributed by atoms with van der Waals surface area (Å²) in [6, 6.07) is 7.73. The van der Waals surface area contributed by atoms with Crippen molar-refractivity contribution in [2.45, 2.75) is 13.5 Å². The highest BCUT2D eigenvalue weighted by Crippen LogP contribution is 2.37. The van der Waals surface area contributed by atoms with Crippen molar-refractivity contribution in [1.82, 2.24) is 15.0 Å². The molecule has 8 heteroatoms. The van der Waals surface area contributed by atoms with E-state index in [0.29, 0.717) is 30.7 Å². The molecule has 3 heterocycles. The van der Waals surface area contributed by atoms with Crippen LogP contribution in [0.3, 0.4) is 0 Å². The molecule has 0 fully saturated rings. The molecule has 8 nitrogen and oxygen atoms in total. The normalized spacial score (nSPS) is 12.9. The van der Waals surface area contributed by atoms with E-state index in [9.17, 15) is 0 Å². The van der Waals surface area contributed by atoms with Gasteiger partial charge in [0.25, 0.3) is 0 Å². The minimum atomic E-state index is 0.374. The molecule has 154 valence electrons. The molecule has 0 unspecified atom stereocenters. The Morgan fingerprint density at radius 3 is 2.43 bits per heavy atom. The SMILES string of the molecule is COc1ccc(COc2cc(N3C=CN(c4cncnc4)C3)c(C)cc2OC)cn1. The van der Waals surface area contributed by atoms with Crippen molar-refractivity contribution >= 4 is 11.4 Å². The van der Waals surface area contributed by atoms with Crippen molar-refractivity contribution in [3.63, 3.8) is 0 Å². The first-order valence-electron chi connectivity index (χ1n) is 9.45. The number of anilines is 2. The summed E-state index contributed by atoms with van der Waals surface area (Å²) < 4.78 is 16.7. The third-order valence-corrected chi connectivity index (χ3v) is 4.80. The molecule has 1 aromatic carbocycles. The second-order valence-corrected chi connectivity index (χ2v) is 6.76. The minimum absolute atomic E-state index is 0.374. The fraction of sp³-hybridized carbons (Fsp3) is 0.227. The minimum Gasteiger partial charge on any atom is -0.493 e. The van der Waals surface area contributed by atoms with Gasteiger partial charge in [-0.05, 0) is 24.6 Å². The van der Waals surface area contributed by atoms with Gasteiger partial charge in [0.1, 0.15) is 12.9 Å². The van der Waals surface area contributed by atoms with Gasteiger partial charge >= 0.3 is 0 Å². The van der Waals surface area contributed by atoms with Gasteiger partial charge in [-0.1, -0.05) is 0 Å². The molecule has 0 aliphatic carbocycles. The van der Waals surface area contributed by atoms with Crippen LogP contribution in [0.15, 0.2) is 61.6 Å². The fourth-order valence-electron chi connectivity index (χ4n) is 3.19. The predicted molar refractivity (Wildman–Crippen MR) is 114 cm³/mol. The van der Waals surface area contributed by atoms with Crippen LogP contribution in [0.2, 0.25) is 0 Å². The smallest absolute Gasteiger partial charge is 0.212 e. The molecule has 0 amide bonds. The summed E-state index contributed by atoms with van der Waals surface area (Å²) in [6.45, 7) is 3.08. The van der Waals surface area contributed by atoms with E-state index in [4.69, 9.17) is 14.2 Å². The molecule has 1 aliphatic heterocycles. The van der Waals surface area contributed by atoms with E-state index in [-0.39, 0.29) is 0 Å². The van der Waals surface area contributed by atoms with E-state index < -0.39 is 0 Å². The van der Waals surface area contributed by atoms with E-state index in [0.717, 1.165) is 22.5 Å². The number of ether oxygens (including phenoxy) is 3. The Balaban J connectivity index is 1.52. The molecule has 0 N–H and O–H groups in total. The van der Waals surface area contributed by atoms with Crippen LogP contribution in [0.1, 0.15) is 11.1 Å². The summed E-state index contributed by atoms with van der Waals surface area (Å²) in [5.74, 6) is 1.93. The molecule has 0 saturated carbocycles. The lowest BCUT2D eigenvalue weighted by molar-refractivity contribution is 0.283. The Morgan fingerprint density at radius 2 is 1.73 bits per heavy atom. The van der Waals surface area contributed by atoms with Crippen molar-refractivity contribution in [3.8, 4) is 17.4 Å². The Labute approximate surface area is 175 Å². The zero-order chi connectivity index (χ0) is 20.9. The summed E-state index contributed by atoms with van der Waals surface area (Å²) in [6.07, 6.45) is 10.9. The van der Waals surface area contributed by atoms with E-state index in [1.54, 1.807) is 32.8 Å². The van der Waals surface area contributed by atoms with Crippen LogP contribution >= 0.6 is 0 Å². The van der Waals surface area contributed by atoms with E-state index >= 15 is 0 Å². The Morgan fingerprint density at radius 1 is 0.933 bits per heavy atom. The molecule has 0 radical (unpaired) electrons. The Bertz CT molecular complexity index is 1020. The summed E-state index contributed by atoms with van der Waals surface area (Å²) >= 11 is 0.